The smallest absolute Gasteiger partial charge is 0.287 e. The molecule has 1 aromatic rings. The molecule has 0 atom stereocenters. The number of hydrogen-bond acceptors (Lipinski definition) is 4. The lowest BCUT2D eigenvalue weighted by atomic mass is 9.81. The maximum absolute atomic E-state index is 12.1. The number of carbonyl (C=O) groups excluding carboxylic acids is 1. The van der Waals surface area contributed by atoms with Gasteiger partial charge in [0.25, 0.3) is 11.6 Å². The van der Waals surface area contributed by atoms with Crippen molar-refractivity contribution in [2.75, 3.05) is 19.6 Å². The van der Waals surface area contributed by atoms with Gasteiger partial charge in [0.15, 0.2) is 0 Å². The number of hydrogen-bond donors (Lipinski definition) is 2. The molecule has 7 nitrogen and oxygen atoms in total. The highest BCUT2D eigenvalue weighted by Crippen LogP contribution is 2.26. The second-order valence-corrected chi connectivity index (χ2v) is 5.69. The fourth-order valence-corrected chi connectivity index (χ4v) is 2.46. The van der Waals surface area contributed by atoms with Crippen LogP contribution in [-0.4, -0.2) is 35.0 Å². The van der Waals surface area contributed by atoms with E-state index in [4.69, 9.17) is 0 Å². The van der Waals surface area contributed by atoms with E-state index in [1.54, 1.807) is 7.05 Å². The van der Waals surface area contributed by atoms with Gasteiger partial charge in [-0.15, -0.1) is 0 Å². The van der Waals surface area contributed by atoms with Crippen LogP contribution in [0.1, 0.15) is 30.3 Å². The Morgan fingerprint density at radius 2 is 2.20 bits per heavy atom. The molecule has 0 radical (unpaired) electrons. The van der Waals surface area contributed by atoms with E-state index in [1.807, 2.05) is 0 Å². The lowest BCUT2D eigenvalue weighted by Gasteiger charge is -2.34. The average Bonchev–Trinajstić information content (AvgIpc) is 2.79. The molecule has 0 unspecified atom stereocenters. The van der Waals surface area contributed by atoms with Crippen molar-refractivity contribution in [3.05, 3.63) is 28.1 Å². The van der Waals surface area contributed by atoms with Gasteiger partial charge in [-0.05, 0) is 31.3 Å². The quantitative estimate of drug-likeness (QED) is 0.637. The van der Waals surface area contributed by atoms with Crippen LogP contribution in [-0.2, 0) is 7.05 Å². The Morgan fingerprint density at radius 3 is 2.75 bits per heavy atom. The summed E-state index contributed by atoms with van der Waals surface area (Å²) in [4.78, 5) is 22.3. The van der Waals surface area contributed by atoms with E-state index < -0.39 is 4.92 Å². The molecule has 2 heterocycles. The number of aryl methyl sites for hydroxylation is 1. The minimum atomic E-state index is -0.495. The summed E-state index contributed by atoms with van der Waals surface area (Å²) in [6, 6.07) is 1.31. The van der Waals surface area contributed by atoms with Gasteiger partial charge in [0.05, 0.1) is 11.1 Å². The number of piperidine rings is 1. The van der Waals surface area contributed by atoms with Crippen LogP contribution in [0.5, 0.6) is 0 Å². The summed E-state index contributed by atoms with van der Waals surface area (Å²) < 4.78 is 1.48. The maximum atomic E-state index is 12.1. The molecule has 0 bridgehead atoms. The van der Waals surface area contributed by atoms with E-state index in [0.29, 0.717) is 12.2 Å². The lowest BCUT2D eigenvalue weighted by Crippen LogP contribution is -2.43. The molecule has 20 heavy (non-hydrogen) atoms. The van der Waals surface area contributed by atoms with E-state index >= 15 is 0 Å². The van der Waals surface area contributed by atoms with Gasteiger partial charge in [-0.3, -0.25) is 14.9 Å². The van der Waals surface area contributed by atoms with Crippen molar-refractivity contribution in [1.29, 1.82) is 0 Å². The first-order valence-corrected chi connectivity index (χ1v) is 6.71. The maximum Gasteiger partial charge on any atom is 0.287 e. The largest absolute Gasteiger partial charge is 0.350 e. The van der Waals surface area contributed by atoms with E-state index in [-0.39, 0.29) is 17.0 Å². The molecule has 0 saturated carbocycles. The van der Waals surface area contributed by atoms with Gasteiger partial charge in [-0.25, -0.2) is 0 Å². The standard InChI is InChI=1S/C13H20N4O3/c1-13(3-5-14-6-4-13)9-15-12(18)11-7-10(17(19)20)8-16(11)2/h7-8,14H,3-6,9H2,1-2H3,(H,15,18). The van der Waals surface area contributed by atoms with E-state index in [0.717, 1.165) is 25.9 Å². The Hall–Kier alpha value is -1.89. The summed E-state index contributed by atoms with van der Waals surface area (Å²) >= 11 is 0. The lowest BCUT2D eigenvalue weighted by molar-refractivity contribution is -0.384. The normalized spacial score (nSPS) is 17.7. The van der Waals surface area contributed by atoms with Crippen LogP contribution in [0.15, 0.2) is 12.3 Å². The van der Waals surface area contributed by atoms with Gasteiger partial charge >= 0.3 is 0 Å². The number of nitrogens with one attached hydrogen (secondary N) is 2. The van der Waals surface area contributed by atoms with Gasteiger partial charge in [0.1, 0.15) is 5.69 Å². The molecular weight excluding hydrogens is 260 g/mol. The number of carbonyl (C=O) groups is 1. The topological polar surface area (TPSA) is 89.2 Å². The fraction of sp³-hybridized carbons (Fsp3) is 0.615. The van der Waals surface area contributed by atoms with Crippen molar-refractivity contribution >= 4 is 11.6 Å². The molecule has 0 aromatic carbocycles. The molecule has 110 valence electrons. The molecule has 2 N–H and O–H groups in total. The van der Waals surface area contributed by atoms with Crippen LogP contribution in [0.2, 0.25) is 0 Å². The zero-order chi connectivity index (χ0) is 14.8. The third-order valence-corrected chi connectivity index (χ3v) is 3.92. The summed E-state index contributed by atoms with van der Waals surface area (Å²) in [5, 5.41) is 16.9. The van der Waals surface area contributed by atoms with E-state index in [1.165, 1.54) is 16.8 Å². The van der Waals surface area contributed by atoms with Crippen LogP contribution in [0, 0.1) is 15.5 Å². The summed E-state index contributed by atoms with van der Waals surface area (Å²) in [5.74, 6) is -0.264. The van der Waals surface area contributed by atoms with E-state index in [9.17, 15) is 14.9 Å². The van der Waals surface area contributed by atoms with Crippen molar-refractivity contribution in [2.24, 2.45) is 12.5 Å². The van der Waals surface area contributed by atoms with Gasteiger partial charge in [0, 0.05) is 19.7 Å². The number of amides is 1. The van der Waals surface area contributed by atoms with Crippen LogP contribution >= 0.6 is 0 Å². The van der Waals surface area contributed by atoms with Crippen molar-refractivity contribution < 1.29 is 9.72 Å². The molecule has 2 rings (SSSR count). The van der Waals surface area contributed by atoms with Gasteiger partial charge in [-0.1, -0.05) is 6.92 Å². The Kier molecular flexibility index (Phi) is 4.08. The first-order chi connectivity index (χ1) is 9.41. The summed E-state index contributed by atoms with van der Waals surface area (Å²) in [6.07, 6.45) is 3.38. The molecule has 1 aromatic heterocycles. The van der Waals surface area contributed by atoms with Crippen molar-refractivity contribution in [1.82, 2.24) is 15.2 Å². The second-order valence-electron chi connectivity index (χ2n) is 5.69. The van der Waals surface area contributed by atoms with E-state index in [2.05, 4.69) is 17.6 Å². The minimum absolute atomic E-state index is 0.0641. The summed E-state index contributed by atoms with van der Waals surface area (Å²) in [6.45, 7) is 4.66. The molecule has 7 heteroatoms. The van der Waals surface area contributed by atoms with Gasteiger partial charge in [0.2, 0.25) is 0 Å². The van der Waals surface area contributed by atoms with Crippen molar-refractivity contribution in [2.45, 2.75) is 19.8 Å². The molecule has 1 fully saturated rings. The monoisotopic (exact) mass is 280 g/mol. The number of aromatic nitrogens is 1. The highest BCUT2D eigenvalue weighted by atomic mass is 16.6. The van der Waals surface area contributed by atoms with Crippen LogP contribution in [0.3, 0.4) is 0 Å². The predicted molar refractivity (Wildman–Crippen MR) is 74.6 cm³/mol. The zero-order valence-electron chi connectivity index (χ0n) is 11.8. The first-order valence-electron chi connectivity index (χ1n) is 6.71. The molecule has 1 aliphatic rings. The van der Waals surface area contributed by atoms with Crippen LogP contribution < -0.4 is 10.6 Å². The van der Waals surface area contributed by atoms with Crippen molar-refractivity contribution in [3.8, 4) is 0 Å². The zero-order valence-corrected chi connectivity index (χ0v) is 11.8. The highest BCUT2D eigenvalue weighted by molar-refractivity contribution is 5.93. The molecule has 1 saturated heterocycles. The van der Waals surface area contributed by atoms with Crippen LogP contribution in [0.4, 0.5) is 5.69 Å². The molecule has 0 spiro atoms. The number of rotatable bonds is 4. The number of nitro groups is 1. The molecule has 0 aliphatic carbocycles. The second kappa shape index (κ2) is 5.62. The SMILES string of the molecule is Cn1cc([N+](=O)[O-])cc1C(=O)NCC1(C)CCNCC1. The average molecular weight is 280 g/mol. The Bertz CT molecular complexity index is 518. The Balaban J connectivity index is 1.99. The minimum Gasteiger partial charge on any atom is -0.350 e. The first kappa shape index (κ1) is 14.5. The Labute approximate surface area is 117 Å². The molecule has 1 amide bonds. The van der Waals surface area contributed by atoms with Gasteiger partial charge < -0.3 is 15.2 Å². The third-order valence-electron chi connectivity index (χ3n) is 3.92. The molecular formula is C13H20N4O3. The summed E-state index contributed by atoms with van der Waals surface area (Å²) in [7, 11) is 1.63. The third kappa shape index (κ3) is 3.16. The number of nitrogens with zero attached hydrogens (tertiary/aromatic N) is 2. The fourth-order valence-electron chi connectivity index (χ4n) is 2.46. The highest BCUT2D eigenvalue weighted by Gasteiger charge is 2.28. The van der Waals surface area contributed by atoms with Crippen LogP contribution in [0.25, 0.3) is 0 Å². The summed E-state index contributed by atoms with van der Waals surface area (Å²) in [5.41, 5.74) is 0.345. The predicted octanol–water partition coefficient (Wildman–Crippen LogP) is 1.05. The Morgan fingerprint density at radius 1 is 1.55 bits per heavy atom. The van der Waals surface area contributed by atoms with Gasteiger partial charge in [-0.2, -0.15) is 0 Å². The van der Waals surface area contributed by atoms with Crippen molar-refractivity contribution in [3.63, 3.8) is 0 Å². The molecule has 1 aliphatic heterocycles.